The van der Waals surface area contributed by atoms with Crippen molar-refractivity contribution in [2.45, 2.75) is 316 Å². The van der Waals surface area contributed by atoms with Gasteiger partial charge in [-0.3, -0.25) is 14.4 Å². The second kappa shape index (κ2) is 51.8. The molecule has 0 saturated carbocycles. The number of ether oxygens (including phenoxy) is 3. The number of rotatable bonds is 51. The van der Waals surface area contributed by atoms with Crippen molar-refractivity contribution in [3.05, 3.63) is 12.2 Å². The van der Waals surface area contributed by atoms with Gasteiger partial charge in [-0.15, -0.1) is 0 Å². The monoisotopic (exact) mass is 875 g/mol. The van der Waals surface area contributed by atoms with Gasteiger partial charge in [0.05, 0.1) is 0 Å². The lowest BCUT2D eigenvalue weighted by Gasteiger charge is -2.18. The number of hydrogen-bond donors (Lipinski definition) is 0. The molecule has 0 aromatic heterocycles. The number of allylic oxidation sites excluding steroid dienone is 2. The number of hydrogen-bond acceptors (Lipinski definition) is 6. The molecular formula is C56H106O6. The molecule has 62 heavy (non-hydrogen) atoms. The smallest absolute Gasteiger partial charge is 0.306 e. The summed E-state index contributed by atoms with van der Waals surface area (Å²) in [4.78, 5) is 38.0. The Morgan fingerprint density at radius 2 is 0.532 bits per heavy atom. The van der Waals surface area contributed by atoms with Gasteiger partial charge in [0.25, 0.3) is 0 Å². The third kappa shape index (κ3) is 49.2. The number of unbranched alkanes of at least 4 members (excludes halogenated alkanes) is 38. The molecule has 1 unspecified atom stereocenters. The maximum Gasteiger partial charge on any atom is 0.306 e. The van der Waals surface area contributed by atoms with E-state index in [0.29, 0.717) is 19.3 Å². The van der Waals surface area contributed by atoms with Crippen LogP contribution in [0.3, 0.4) is 0 Å². The summed E-state index contributed by atoms with van der Waals surface area (Å²) in [7, 11) is 0. The molecule has 0 radical (unpaired) electrons. The lowest BCUT2D eigenvalue weighted by atomic mass is 10.0. The number of carbonyl (C=O) groups excluding carboxylic acids is 3. The Balaban J connectivity index is 4.29. The molecule has 0 amide bonds. The number of carbonyl (C=O) groups is 3. The van der Waals surface area contributed by atoms with E-state index in [-0.39, 0.29) is 31.1 Å². The Morgan fingerprint density at radius 1 is 0.306 bits per heavy atom. The van der Waals surface area contributed by atoms with Gasteiger partial charge in [-0.25, -0.2) is 0 Å². The average molecular weight is 875 g/mol. The summed E-state index contributed by atoms with van der Waals surface area (Å²) in [6, 6.07) is 0. The highest BCUT2D eigenvalue weighted by Gasteiger charge is 2.19. The first kappa shape index (κ1) is 60.2. The zero-order valence-electron chi connectivity index (χ0n) is 41.9. The van der Waals surface area contributed by atoms with Crippen LogP contribution in [0, 0.1) is 0 Å². The van der Waals surface area contributed by atoms with E-state index in [2.05, 4.69) is 32.9 Å². The molecule has 0 aromatic rings. The fourth-order valence-corrected chi connectivity index (χ4v) is 8.32. The van der Waals surface area contributed by atoms with Crippen LogP contribution in [0.25, 0.3) is 0 Å². The second-order valence-electron chi connectivity index (χ2n) is 18.9. The molecule has 6 nitrogen and oxygen atoms in total. The average Bonchev–Trinajstić information content (AvgIpc) is 3.27. The molecule has 6 heteroatoms. The summed E-state index contributed by atoms with van der Waals surface area (Å²) in [6.07, 6.45) is 57.7. The van der Waals surface area contributed by atoms with Crippen LogP contribution in [-0.4, -0.2) is 37.2 Å². The molecule has 0 aliphatic rings. The van der Waals surface area contributed by atoms with E-state index in [4.69, 9.17) is 14.2 Å². The molecule has 0 N–H and O–H groups in total. The lowest BCUT2D eigenvalue weighted by molar-refractivity contribution is -0.167. The van der Waals surface area contributed by atoms with E-state index in [1.165, 1.54) is 212 Å². The Labute approximate surface area is 386 Å². The van der Waals surface area contributed by atoms with Crippen molar-refractivity contribution in [1.82, 2.24) is 0 Å². The van der Waals surface area contributed by atoms with Crippen molar-refractivity contribution >= 4 is 17.9 Å². The molecule has 0 saturated heterocycles. The standard InChI is InChI=1S/C56H106O6/c1-4-7-10-13-16-19-22-24-26-27-28-30-31-34-37-40-43-46-49-55(58)61-52-53(51-60-54(57)48-45-42-39-36-33-21-18-15-12-9-6-3)62-56(59)50-47-44-41-38-35-32-29-25-23-20-17-14-11-8-5-2/h26-27,53H,4-25,28-52H2,1-3H3/b27-26-. The SMILES string of the molecule is CCCCCCCCC/C=C\CCCCCCCCCC(=O)OCC(COC(=O)CCCCCCCCCCCCC)OC(=O)CCCCCCCCCCCCCCCCC. The zero-order chi connectivity index (χ0) is 45.1. The maximum atomic E-state index is 12.8. The summed E-state index contributed by atoms with van der Waals surface area (Å²) < 4.78 is 16.8. The van der Waals surface area contributed by atoms with Gasteiger partial charge in [0, 0.05) is 19.3 Å². The van der Waals surface area contributed by atoms with Crippen LogP contribution in [0.5, 0.6) is 0 Å². The van der Waals surface area contributed by atoms with Crippen LogP contribution in [0.1, 0.15) is 310 Å². The van der Waals surface area contributed by atoms with Gasteiger partial charge in [0.15, 0.2) is 6.10 Å². The molecule has 1 atom stereocenters. The summed E-state index contributed by atoms with van der Waals surface area (Å²) in [5, 5.41) is 0. The Morgan fingerprint density at radius 3 is 0.806 bits per heavy atom. The molecule has 0 rings (SSSR count). The van der Waals surface area contributed by atoms with Crippen molar-refractivity contribution in [2.24, 2.45) is 0 Å². The van der Waals surface area contributed by atoms with Gasteiger partial charge in [0.1, 0.15) is 13.2 Å². The first-order valence-corrected chi connectivity index (χ1v) is 27.7. The highest BCUT2D eigenvalue weighted by Crippen LogP contribution is 2.17. The topological polar surface area (TPSA) is 78.9 Å². The second-order valence-corrected chi connectivity index (χ2v) is 18.9. The first-order chi connectivity index (χ1) is 30.5. The minimum Gasteiger partial charge on any atom is -0.462 e. The molecule has 0 spiro atoms. The van der Waals surface area contributed by atoms with Crippen molar-refractivity contribution < 1.29 is 28.6 Å². The van der Waals surface area contributed by atoms with Crippen molar-refractivity contribution in [1.29, 1.82) is 0 Å². The summed E-state index contributed by atoms with van der Waals surface area (Å²) in [5.74, 6) is -0.850. The van der Waals surface area contributed by atoms with E-state index in [1.54, 1.807) is 0 Å². The third-order valence-corrected chi connectivity index (χ3v) is 12.5. The van der Waals surface area contributed by atoms with Crippen LogP contribution in [0.2, 0.25) is 0 Å². The first-order valence-electron chi connectivity index (χ1n) is 27.7. The van der Waals surface area contributed by atoms with Crippen LogP contribution in [0.15, 0.2) is 12.2 Å². The minimum atomic E-state index is -0.765. The molecule has 0 aliphatic carbocycles. The minimum absolute atomic E-state index is 0.0657. The van der Waals surface area contributed by atoms with E-state index in [9.17, 15) is 14.4 Å². The van der Waals surface area contributed by atoms with Gasteiger partial charge in [-0.1, -0.05) is 258 Å². The highest BCUT2D eigenvalue weighted by molar-refractivity contribution is 5.71. The molecule has 0 aliphatic heterocycles. The molecule has 366 valence electrons. The van der Waals surface area contributed by atoms with Crippen LogP contribution < -0.4 is 0 Å². The zero-order valence-corrected chi connectivity index (χ0v) is 41.9. The normalized spacial score (nSPS) is 12.0. The molecule has 0 aromatic carbocycles. The van der Waals surface area contributed by atoms with Crippen molar-refractivity contribution in [2.75, 3.05) is 13.2 Å². The molecule has 0 fully saturated rings. The van der Waals surface area contributed by atoms with E-state index in [0.717, 1.165) is 57.8 Å². The van der Waals surface area contributed by atoms with Crippen LogP contribution in [0.4, 0.5) is 0 Å². The van der Waals surface area contributed by atoms with Gasteiger partial charge in [0.2, 0.25) is 0 Å². The third-order valence-electron chi connectivity index (χ3n) is 12.5. The largest absolute Gasteiger partial charge is 0.462 e. The van der Waals surface area contributed by atoms with Crippen LogP contribution in [-0.2, 0) is 28.6 Å². The fourth-order valence-electron chi connectivity index (χ4n) is 8.32. The van der Waals surface area contributed by atoms with E-state index >= 15 is 0 Å². The Kier molecular flexibility index (Phi) is 50.2. The van der Waals surface area contributed by atoms with Gasteiger partial charge < -0.3 is 14.2 Å². The van der Waals surface area contributed by atoms with E-state index in [1.807, 2.05) is 0 Å². The summed E-state index contributed by atoms with van der Waals surface area (Å²) in [6.45, 7) is 6.67. The predicted molar refractivity (Wildman–Crippen MR) is 266 cm³/mol. The van der Waals surface area contributed by atoms with Gasteiger partial charge in [-0.2, -0.15) is 0 Å². The summed E-state index contributed by atoms with van der Waals surface area (Å²) in [5.41, 5.74) is 0. The van der Waals surface area contributed by atoms with E-state index < -0.39 is 6.10 Å². The lowest BCUT2D eigenvalue weighted by Crippen LogP contribution is -2.30. The highest BCUT2D eigenvalue weighted by atomic mass is 16.6. The quantitative estimate of drug-likeness (QED) is 0.0262. The van der Waals surface area contributed by atoms with Crippen molar-refractivity contribution in [3.8, 4) is 0 Å². The summed E-state index contributed by atoms with van der Waals surface area (Å²) >= 11 is 0. The molecule has 0 bridgehead atoms. The maximum absolute atomic E-state index is 12.8. The number of esters is 3. The molecular weight excluding hydrogens is 769 g/mol. The van der Waals surface area contributed by atoms with Gasteiger partial charge >= 0.3 is 17.9 Å². The Bertz CT molecular complexity index is 962. The Hall–Kier alpha value is -1.85. The fraction of sp³-hybridized carbons (Fsp3) is 0.911. The predicted octanol–water partition coefficient (Wildman–Crippen LogP) is 18.2. The van der Waals surface area contributed by atoms with Gasteiger partial charge in [-0.05, 0) is 44.9 Å². The van der Waals surface area contributed by atoms with Crippen molar-refractivity contribution in [3.63, 3.8) is 0 Å². The van der Waals surface area contributed by atoms with Crippen LogP contribution >= 0.6 is 0 Å². The molecule has 0 heterocycles.